The van der Waals surface area contributed by atoms with Gasteiger partial charge in [-0.25, -0.2) is 0 Å². The lowest BCUT2D eigenvalue weighted by Crippen LogP contribution is -2.34. The van der Waals surface area contributed by atoms with Gasteiger partial charge in [-0.2, -0.15) is 0 Å². The van der Waals surface area contributed by atoms with E-state index in [-0.39, 0.29) is 11.3 Å². The zero-order valence-electron chi connectivity index (χ0n) is 17.2. The number of nitrogens with zero attached hydrogens (tertiary/aromatic N) is 1. The molecule has 1 aromatic heterocycles. The SMILES string of the molecule is COc1cc(C(=O)N(C)CC2(c3c[nH]c4ccccc34)CC2)cc(OC)c1OC. The first-order valence-corrected chi connectivity index (χ1v) is 9.65. The lowest BCUT2D eigenvalue weighted by Gasteiger charge is -2.24. The Morgan fingerprint density at radius 2 is 1.72 bits per heavy atom. The minimum atomic E-state index is -0.0737. The quantitative estimate of drug-likeness (QED) is 0.658. The molecular weight excluding hydrogens is 368 g/mol. The molecule has 1 heterocycles. The van der Waals surface area contributed by atoms with Crippen LogP contribution in [0.4, 0.5) is 0 Å². The van der Waals surface area contributed by atoms with Gasteiger partial charge in [0, 0.05) is 41.7 Å². The Kier molecular flexibility index (Phi) is 4.86. The number of likely N-dealkylation sites (N-methyl/N-ethyl adjacent to an activating group) is 1. The molecule has 0 atom stereocenters. The van der Waals surface area contributed by atoms with Crippen molar-refractivity contribution < 1.29 is 19.0 Å². The molecule has 3 aromatic rings. The van der Waals surface area contributed by atoms with Gasteiger partial charge >= 0.3 is 0 Å². The number of fused-ring (bicyclic) bond motifs is 1. The van der Waals surface area contributed by atoms with Crippen LogP contribution in [0.15, 0.2) is 42.6 Å². The second kappa shape index (κ2) is 7.35. The van der Waals surface area contributed by atoms with Crippen LogP contribution in [0.25, 0.3) is 10.9 Å². The zero-order valence-corrected chi connectivity index (χ0v) is 17.2. The fourth-order valence-corrected chi connectivity index (χ4v) is 4.12. The Balaban J connectivity index is 1.60. The monoisotopic (exact) mass is 394 g/mol. The van der Waals surface area contributed by atoms with Crippen LogP contribution in [0.3, 0.4) is 0 Å². The number of carbonyl (C=O) groups excluding carboxylic acids is 1. The van der Waals surface area contributed by atoms with Crippen LogP contribution in [0.1, 0.15) is 28.8 Å². The van der Waals surface area contributed by atoms with Crippen molar-refractivity contribution in [2.45, 2.75) is 18.3 Å². The summed E-state index contributed by atoms with van der Waals surface area (Å²) >= 11 is 0. The van der Waals surface area contributed by atoms with E-state index in [9.17, 15) is 4.79 Å². The summed E-state index contributed by atoms with van der Waals surface area (Å²) in [6, 6.07) is 11.7. The highest BCUT2D eigenvalue weighted by atomic mass is 16.5. The number of hydrogen-bond donors (Lipinski definition) is 1. The van der Waals surface area contributed by atoms with E-state index in [1.54, 1.807) is 38.4 Å². The molecule has 1 saturated carbocycles. The average Bonchev–Trinajstić information content (AvgIpc) is 3.39. The third-order valence-corrected chi connectivity index (χ3v) is 5.81. The van der Waals surface area contributed by atoms with Gasteiger partial charge in [0.25, 0.3) is 5.91 Å². The van der Waals surface area contributed by atoms with Crippen molar-refractivity contribution in [3.63, 3.8) is 0 Å². The molecule has 1 N–H and O–H groups in total. The van der Waals surface area contributed by atoms with E-state index in [4.69, 9.17) is 14.2 Å². The Hall–Kier alpha value is -3.15. The predicted molar refractivity (Wildman–Crippen MR) is 112 cm³/mol. The molecule has 152 valence electrons. The number of amides is 1. The normalized spacial score (nSPS) is 14.5. The first kappa shape index (κ1) is 19.2. The number of nitrogens with one attached hydrogen (secondary N) is 1. The summed E-state index contributed by atoms with van der Waals surface area (Å²) in [5.41, 5.74) is 2.94. The molecule has 1 aliphatic carbocycles. The van der Waals surface area contributed by atoms with Gasteiger partial charge in [-0.3, -0.25) is 4.79 Å². The van der Waals surface area contributed by atoms with Crippen LogP contribution in [0.2, 0.25) is 0 Å². The Labute approximate surface area is 170 Å². The molecule has 4 rings (SSSR count). The van der Waals surface area contributed by atoms with Crippen molar-refractivity contribution in [1.82, 2.24) is 9.88 Å². The molecule has 0 spiro atoms. The predicted octanol–water partition coefficient (Wildman–Crippen LogP) is 4.00. The lowest BCUT2D eigenvalue weighted by molar-refractivity contribution is 0.0781. The van der Waals surface area contributed by atoms with E-state index in [0.717, 1.165) is 18.4 Å². The number of para-hydroxylation sites is 1. The highest BCUT2D eigenvalue weighted by Gasteiger charge is 2.47. The number of methoxy groups -OCH3 is 3. The standard InChI is InChI=1S/C23H26N2O4/c1-25(22(26)15-11-19(27-2)21(29-4)20(12-15)28-3)14-23(9-10-23)17-13-24-18-8-6-5-7-16(17)18/h5-8,11-13,24H,9-10,14H2,1-4H3. The maximum absolute atomic E-state index is 13.2. The number of hydrogen-bond acceptors (Lipinski definition) is 4. The number of benzene rings is 2. The smallest absolute Gasteiger partial charge is 0.253 e. The van der Waals surface area contributed by atoms with Gasteiger partial charge in [-0.15, -0.1) is 0 Å². The summed E-state index contributed by atoms with van der Waals surface area (Å²) in [7, 11) is 6.49. The minimum absolute atomic E-state index is 0.00462. The van der Waals surface area contributed by atoms with E-state index in [2.05, 4.69) is 29.4 Å². The highest BCUT2D eigenvalue weighted by molar-refractivity contribution is 5.95. The number of ether oxygens (including phenoxy) is 3. The van der Waals surface area contributed by atoms with E-state index in [0.29, 0.717) is 29.4 Å². The molecule has 1 fully saturated rings. The second-order valence-corrected chi connectivity index (χ2v) is 7.60. The maximum atomic E-state index is 13.2. The van der Waals surface area contributed by atoms with Gasteiger partial charge in [0.1, 0.15) is 0 Å². The molecule has 0 radical (unpaired) electrons. The van der Waals surface area contributed by atoms with Crippen LogP contribution in [-0.2, 0) is 5.41 Å². The van der Waals surface area contributed by atoms with Crippen molar-refractivity contribution in [2.75, 3.05) is 34.9 Å². The fraction of sp³-hybridized carbons (Fsp3) is 0.348. The van der Waals surface area contributed by atoms with Crippen molar-refractivity contribution in [3.8, 4) is 17.2 Å². The summed E-state index contributed by atoms with van der Waals surface area (Å²) in [4.78, 5) is 18.3. The third kappa shape index (κ3) is 3.28. The Bertz CT molecular complexity index is 1030. The first-order chi connectivity index (χ1) is 14.0. The average molecular weight is 394 g/mol. The molecule has 6 heteroatoms. The topological polar surface area (TPSA) is 63.8 Å². The van der Waals surface area contributed by atoms with Crippen LogP contribution >= 0.6 is 0 Å². The van der Waals surface area contributed by atoms with Crippen molar-refractivity contribution in [2.24, 2.45) is 0 Å². The molecule has 1 amide bonds. The maximum Gasteiger partial charge on any atom is 0.253 e. The van der Waals surface area contributed by atoms with Gasteiger partial charge in [0.05, 0.1) is 21.3 Å². The van der Waals surface area contributed by atoms with E-state index < -0.39 is 0 Å². The van der Waals surface area contributed by atoms with Crippen molar-refractivity contribution in [1.29, 1.82) is 0 Å². The van der Waals surface area contributed by atoms with Crippen LogP contribution in [-0.4, -0.2) is 50.7 Å². The molecular formula is C23H26N2O4. The second-order valence-electron chi connectivity index (χ2n) is 7.60. The van der Waals surface area contributed by atoms with Crippen LogP contribution in [0.5, 0.6) is 17.2 Å². The zero-order chi connectivity index (χ0) is 20.6. The largest absolute Gasteiger partial charge is 0.493 e. The van der Waals surface area contributed by atoms with Crippen LogP contribution in [0, 0.1) is 0 Å². The third-order valence-electron chi connectivity index (χ3n) is 5.81. The Morgan fingerprint density at radius 1 is 1.07 bits per heavy atom. The summed E-state index contributed by atoms with van der Waals surface area (Å²) in [5, 5.41) is 1.23. The molecule has 0 bridgehead atoms. The summed E-state index contributed by atoms with van der Waals surface area (Å²) in [6.07, 6.45) is 4.23. The fourth-order valence-electron chi connectivity index (χ4n) is 4.12. The van der Waals surface area contributed by atoms with E-state index >= 15 is 0 Å². The van der Waals surface area contributed by atoms with E-state index in [1.807, 2.05) is 13.1 Å². The van der Waals surface area contributed by atoms with Crippen LogP contribution < -0.4 is 14.2 Å². The molecule has 6 nitrogen and oxygen atoms in total. The molecule has 0 aliphatic heterocycles. The van der Waals surface area contributed by atoms with Gasteiger partial charge < -0.3 is 24.1 Å². The number of aromatic amines is 1. The highest BCUT2D eigenvalue weighted by Crippen LogP contribution is 2.51. The van der Waals surface area contributed by atoms with Gasteiger partial charge in [0.2, 0.25) is 5.75 Å². The summed E-state index contributed by atoms with van der Waals surface area (Å²) < 4.78 is 16.1. The minimum Gasteiger partial charge on any atom is -0.493 e. The molecule has 1 aliphatic rings. The van der Waals surface area contributed by atoms with Crippen molar-refractivity contribution >= 4 is 16.8 Å². The summed E-state index contributed by atoms with van der Waals surface area (Å²) in [5.74, 6) is 1.35. The molecule has 0 saturated heterocycles. The number of carbonyl (C=O) groups is 1. The van der Waals surface area contributed by atoms with E-state index in [1.165, 1.54) is 10.9 Å². The van der Waals surface area contributed by atoms with Gasteiger partial charge in [-0.1, -0.05) is 18.2 Å². The number of H-pyrrole nitrogens is 1. The molecule has 2 aromatic carbocycles. The van der Waals surface area contributed by atoms with Gasteiger partial charge in [0.15, 0.2) is 11.5 Å². The Morgan fingerprint density at radius 3 is 2.31 bits per heavy atom. The number of aromatic nitrogens is 1. The molecule has 0 unspecified atom stereocenters. The van der Waals surface area contributed by atoms with Gasteiger partial charge in [-0.05, 0) is 36.6 Å². The summed E-state index contributed by atoms with van der Waals surface area (Å²) in [6.45, 7) is 0.657. The first-order valence-electron chi connectivity index (χ1n) is 9.65. The number of rotatable bonds is 7. The lowest BCUT2D eigenvalue weighted by atomic mass is 9.94. The van der Waals surface area contributed by atoms with Crippen molar-refractivity contribution in [3.05, 3.63) is 53.7 Å². The molecule has 29 heavy (non-hydrogen) atoms.